The zero-order valence-electron chi connectivity index (χ0n) is 11.5. The fourth-order valence-electron chi connectivity index (χ4n) is 1.55. The van der Waals surface area contributed by atoms with Crippen LogP contribution in [0.25, 0.3) is 0 Å². The second kappa shape index (κ2) is 6.98. The first-order chi connectivity index (χ1) is 8.86. The van der Waals surface area contributed by atoms with Crippen molar-refractivity contribution in [2.75, 3.05) is 6.54 Å². The maximum absolute atomic E-state index is 13.3. The molecule has 0 atom stereocenters. The lowest BCUT2D eigenvalue weighted by molar-refractivity contribution is 0.562. The predicted octanol–water partition coefficient (Wildman–Crippen LogP) is 2.01. The molecule has 1 aromatic carbocycles. The third-order valence-corrected chi connectivity index (χ3v) is 4.10. The zero-order chi connectivity index (χ0) is 14.5. The van der Waals surface area contributed by atoms with E-state index in [0.29, 0.717) is 25.1 Å². The molecule has 0 saturated heterocycles. The van der Waals surface area contributed by atoms with Gasteiger partial charge in [-0.3, -0.25) is 0 Å². The van der Waals surface area contributed by atoms with E-state index in [9.17, 15) is 12.8 Å². The Balaban J connectivity index is 3.06. The number of sulfonamides is 1. The highest BCUT2D eigenvalue weighted by atomic mass is 32.2. The summed E-state index contributed by atoms with van der Waals surface area (Å²) in [5.74, 6) is -0.551. The van der Waals surface area contributed by atoms with Crippen molar-refractivity contribution in [2.45, 2.75) is 44.7 Å². The normalized spacial score (nSPS) is 12.1. The van der Waals surface area contributed by atoms with Crippen LogP contribution in [-0.4, -0.2) is 21.0 Å². The fourth-order valence-corrected chi connectivity index (χ4v) is 2.93. The molecule has 0 radical (unpaired) electrons. The first-order valence-electron chi connectivity index (χ1n) is 6.38. The van der Waals surface area contributed by atoms with Crippen LogP contribution in [0.15, 0.2) is 23.1 Å². The molecule has 0 saturated carbocycles. The molecule has 6 heteroatoms. The molecule has 108 valence electrons. The Bertz CT molecular complexity index is 515. The van der Waals surface area contributed by atoms with Crippen molar-refractivity contribution < 1.29 is 12.8 Å². The molecule has 0 amide bonds. The standard InChI is InChI=1S/C13H21FN2O2S/c1-4-7-16-19(17,18)13-8-12(14)6-5-11(13)9-15-10(2)3/h5-6,8,10,15-16H,4,7,9H2,1-3H3. The molecular formula is C13H21FN2O2S. The van der Waals surface area contributed by atoms with Gasteiger partial charge >= 0.3 is 0 Å². The molecule has 0 fully saturated rings. The highest BCUT2D eigenvalue weighted by molar-refractivity contribution is 7.89. The van der Waals surface area contributed by atoms with Crippen molar-refractivity contribution in [1.82, 2.24) is 10.0 Å². The maximum Gasteiger partial charge on any atom is 0.240 e. The summed E-state index contributed by atoms with van der Waals surface area (Å²) in [4.78, 5) is 0.00843. The first-order valence-corrected chi connectivity index (χ1v) is 7.86. The lowest BCUT2D eigenvalue weighted by atomic mass is 10.2. The quantitative estimate of drug-likeness (QED) is 0.807. The molecule has 0 bridgehead atoms. The summed E-state index contributed by atoms with van der Waals surface area (Å²) in [5.41, 5.74) is 0.568. The van der Waals surface area contributed by atoms with Crippen LogP contribution < -0.4 is 10.0 Å². The monoisotopic (exact) mass is 288 g/mol. The SMILES string of the molecule is CCCNS(=O)(=O)c1cc(F)ccc1CNC(C)C. The molecule has 0 unspecified atom stereocenters. The van der Waals surface area contributed by atoms with Crippen molar-refractivity contribution in [3.05, 3.63) is 29.6 Å². The highest BCUT2D eigenvalue weighted by Gasteiger charge is 2.18. The average molecular weight is 288 g/mol. The zero-order valence-corrected chi connectivity index (χ0v) is 12.3. The summed E-state index contributed by atoms with van der Waals surface area (Å²) >= 11 is 0. The Morgan fingerprint density at radius 1 is 1.32 bits per heavy atom. The van der Waals surface area contributed by atoms with Crippen molar-refractivity contribution >= 4 is 10.0 Å². The molecule has 1 rings (SSSR count). The number of rotatable bonds is 7. The van der Waals surface area contributed by atoms with E-state index in [2.05, 4.69) is 10.0 Å². The van der Waals surface area contributed by atoms with Crippen LogP contribution >= 0.6 is 0 Å². The summed E-state index contributed by atoms with van der Waals surface area (Å²) in [6.45, 7) is 6.53. The van der Waals surface area contributed by atoms with Gasteiger partial charge in [-0.25, -0.2) is 17.5 Å². The van der Waals surface area contributed by atoms with Gasteiger partial charge in [0.1, 0.15) is 5.82 Å². The van der Waals surface area contributed by atoms with Crippen molar-refractivity contribution in [1.29, 1.82) is 0 Å². The van der Waals surface area contributed by atoms with Crippen LogP contribution in [0.3, 0.4) is 0 Å². The molecule has 0 spiro atoms. The van der Waals surface area contributed by atoms with Gasteiger partial charge in [-0.1, -0.05) is 26.8 Å². The largest absolute Gasteiger partial charge is 0.310 e. The third-order valence-electron chi connectivity index (χ3n) is 2.56. The number of halogens is 1. The van der Waals surface area contributed by atoms with Crippen LogP contribution in [0.2, 0.25) is 0 Å². The summed E-state index contributed by atoms with van der Waals surface area (Å²) in [5, 5.41) is 3.14. The van der Waals surface area contributed by atoms with E-state index in [1.165, 1.54) is 12.1 Å². The van der Waals surface area contributed by atoms with E-state index in [-0.39, 0.29) is 10.9 Å². The maximum atomic E-state index is 13.3. The highest BCUT2D eigenvalue weighted by Crippen LogP contribution is 2.17. The van der Waals surface area contributed by atoms with Gasteiger partial charge in [0.15, 0.2) is 0 Å². The van der Waals surface area contributed by atoms with E-state index in [0.717, 1.165) is 6.07 Å². The smallest absolute Gasteiger partial charge is 0.240 e. The fraction of sp³-hybridized carbons (Fsp3) is 0.538. The molecule has 0 heterocycles. The molecule has 19 heavy (non-hydrogen) atoms. The Morgan fingerprint density at radius 3 is 2.58 bits per heavy atom. The van der Waals surface area contributed by atoms with Crippen LogP contribution in [0.1, 0.15) is 32.8 Å². The lowest BCUT2D eigenvalue weighted by Crippen LogP contribution is -2.28. The van der Waals surface area contributed by atoms with Crippen molar-refractivity contribution in [3.63, 3.8) is 0 Å². The Labute approximate surface area is 114 Å². The average Bonchev–Trinajstić information content (AvgIpc) is 2.34. The molecule has 0 aliphatic carbocycles. The van der Waals surface area contributed by atoms with Gasteiger partial charge < -0.3 is 5.32 Å². The number of benzene rings is 1. The molecular weight excluding hydrogens is 267 g/mol. The van der Waals surface area contributed by atoms with E-state index < -0.39 is 15.8 Å². The summed E-state index contributed by atoms with van der Waals surface area (Å²) in [6.07, 6.45) is 0.689. The topological polar surface area (TPSA) is 58.2 Å². The van der Waals surface area contributed by atoms with Gasteiger partial charge in [0, 0.05) is 19.1 Å². The van der Waals surface area contributed by atoms with E-state index >= 15 is 0 Å². The molecule has 0 aliphatic rings. The second-order valence-corrected chi connectivity index (χ2v) is 6.42. The van der Waals surface area contributed by atoms with Gasteiger partial charge in [0.05, 0.1) is 4.90 Å². The number of hydrogen-bond acceptors (Lipinski definition) is 3. The van der Waals surface area contributed by atoms with Crippen LogP contribution in [0.4, 0.5) is 4.39 Å². The van der Waals surface area contributed by atoms with Crippen LogP contribution in [0, 0.1) is 5.82 Å². The lowest BCUT2D eigenvalue weighted by Gasteiger charge is -2.13. The number of nitrogens with one attached hydrogen (secondary N) is 2. The molecule has 1 aromatic rings. The Kier molecular flexibility index (Phi) is 5.90. The minimum Gasteiger partial charge on any atom is -0.310 e. The van der Waals surface area contributed by atoms with E-state index in [1.807, 2.05) is 20.8 Å². The molecule has 2 N–H and O–H groups in total. The minimum atomic E-state index is -3.65. The third kappa shape index (κ3) is 4.89. The molecule has 0 aliphatic heterocycles. The minimum absolute atomic E-state index is 0.00843. The first kappa shape index (κ1) is 16.1. The van der Waals surface area contributed by atoms with Crippen molar-refractivity contribution in [2.24, 2.45) is 0 Å². The van der Waals surface area contributed by atoms with Gasteiger partial charge in [-0.2, -0.15) is 0 Å². The van der Waals surface area contributed by atoms with Gasteiger partial charge in [-0.15, -0.1) is 0 Å². The Hall–Kier alpha value is -0.980. The van der Waals surface area contributed by atoms with Gasteiger partial charge in [0.2, 0.25) is 10.0 Å². The van der Waals surface area contributed by atoms with E-state index in [4.69, 9.17) is 0 Å². The molecule has 0 aromatic heterocycles. The molecule has 4 nitrogen and oxygen atoms in total. The van der Waals surface area contributed by atoms with Gasteiger partial charge in [-0.05, 0) is 24.1 Å². The van der Waals surface area contributed by atoms with Gasteiger partial charge in [0.25, 0.3) is 0 Å². The van der Waals surface area contributed by atoms with Crippen molar-refractivity contribution in [3.8, 4) is 0 Å². The number of hydrogen-bond donors (Lipinski definition) is 2. The van der Waals surface area contributed by atoms with Crippen LogP contribution in [0.5, 0.6) is 0 Å². The summed E-state index contributed by atoms with van der Waals surface area (Å²) < 4.78 is 40.0. The Morgan fingerprint density at radius 2 is 2.00 bits per heavy atom. The summed E-state index contributed by atoms with van der Waals surface area (Å²) in [6, 6.07) is 4.07. The van der Waals surface area contributed by atoms with Crippen LogP contribution in [-0.2, 0) is 16.6 Å². The predicted molar refractivity (Wildman–Crippen MR) is 73.9 cm³/mol. The summed E-state index contributed by atoms with van der Waals surface area (Å²) in [7, 11) is -3.65. The van der Waals surface area contributed by atoms with E-state index in [1.54, 1.807) is 0 Å². The second-order valence-electron chi connectivity index (χ2n) is 4.69.